The quantitative estimate of drug-likeness (QED) is 0.886. The largest absolute Gasteiger partial charge is 0.481 e. The van der Waals surface area contributed by atoms with Crippen LogP contribution < -0.4 is 5.32 Å². The summed E-state index contributed by atoms with van der Waals surface area (Å²) in [5.74, 6) is -0.928. The fraction of sp³-hybridized carbons (Fsp3) is 0.500. The number of amides is 1. The fourth-order valence-corrected chi connectivity index (χ4v) is 2.65. The van der Waals surface area contributed by atoms with E-state index < -0.39 is 5.97 Å². The Balaban J connectivity index is 1.78. The molecule has 0 saturated heterocycles. The van der Waals surface area contributed by atoms with Gasteiger partial charge in [0.05, 0.1) is 12.3 Å². The van der Waals surface area contributed by atoms with Crippen LogP contribution in [0.3, 0.4) is 0 Å². The number of carboxylic acid groups (broad SMARTS) is 1. The van der Waals surface area contributed by atoms with Crippen molar-refractivity contribution in [1.82, 2.24) is 5.32 Å². The van der Waals surface area contributed by atoms with Gasteiger partial charge >= 0.3 is 5.97 Å². The maximum absolute atomic E-state index is 12.0. The smallest absolute Gasteiger partial charge is 0.306 e. The Morgan fingerprint density at radius 2 is 1.75 bits per heavy atom. The van der Waals surface area contributed by atoms with Crippen molar-refractivity contribution in [2.45, 2.75) is 45.1 Å². The predicted octanol–water partition coefficient (Wildman–Crippen LogP) is 2.30. The molecule has 0 bridgehead atoms. The average Bonchev–Trinajstić information content (AvgIpc) is 2.42. The Morgan fingerprint density at radius 3 is 2.30 bits per heavy atom. The third kappa shape index (κ3) is 4.08. The van der Waals surface area contributed by atoms with Crippen molar-refractivity contribution in [2.24, 2.45) is 5.92 Å². The van der Waals surface area contributed by atoms with E-state index in [0.717, 1.165) is 18.4 Å². The van der Waals surface area contributed by atoms with Crippen LogP contribution in [0.2, 0.25) is 0 Å². The third-order valence-electron chi connectivity index (χ3n) is 3.93. The molecule has 2 N–H and O–H groups in total. The molecule has 4 heteroatoms. The van der Waals surface area contributed by atoms with E-state index in [0.29, 0.717) is 19.3 Å². The second-order valence-corrected chi connectivity index (χ2v) is 5.62. The summed E-state index contributed by atoms with van der Waals surface area (Å²) in [6, 6.07) is 8.07. The van der Waals surface area contributed by atoms with Crippen LogP contribution in [0.1, 0.15) is 36.8 Å². The first-order valence-electron chi connectivity index (χ1n) is 7.12. The lowest BCUT2D eigenvalue weighted by molar-refractivity contribution is -0.142. The normalized spacial score (nSPS) is 22.2. The maximum atomic E-state index is 12.0. The zero-order valence-electron chi connectivity index (χ0n) is 11.8. The monoisotopic (exact) mass is 275 g/mol. The van der Waals surface area contributed by atoms with Gasteiger partial charge in [0.2, 0.25) is 5.91 Å². The van der Waals surface area contributed by atoms with E-state index in [2.05, 4.69) is 5.32 Å². The molecule has 1 amide bonds. The van der Waals surface area contributed by atoms with Gasteiger partial charge < -0.3 is 10.4 Å². The van der Waals surface area contributed by atoms with Gasteiger partial charge in [-0.3, -0.25) is 9.59 Å². The summed E-state index contributed by atoms with van der Waals surface area (Å²) in [5, 5.41) is 11.9. The highest BCUT2D eigenvalue weighted by Gasteiger charge is 2.26. The molecule has 0 radical (unpaired) electrons. The van der Waals surface area contributed by atoms with Crippen LogP contribution in [-0.2, 0) is 16.0 Å². The highest BCUT2D eigenvalue weighted by Crippen LogP contribution is 2.24. The highest BCUT2D eigenvalue weighted by atomic mass is 16.4. The molecule has 20 heavy (non-hydrogen) atoms. The fourth-order valence-electron chi connectivity index (χ4n) is 2.65. The molecular formula is C16H21NO3. The van der Waals surface area contributed by atoms with E-state index in [-0.39, 0.29) is 17.9 Å². The third-order valence-corrected chi connectivity index (χ3v) is 3.93. The maximum Gasteiger partial charge on any atom is 0.306 e. The standard InChI is InChI=1S/C16H21NO3/c1-11-2-4-12(5-3-11)10-15(18)17-14-8-6-13(7-9-14)16(19)20/h2-5,13-14H,6-10H2,1H3,(H,17,18)(H,19,20). The summed E-state index contributed by atoms with van der Waals surface area (Å²) >= 11 is 0. The van der Waals surface area contributed by atoms with Gasteiger partial charge in [0, 0.05) is 6.04 Å². The van der Waals surface area contributed by atoms with E-state index in [9.17, 15) is 9.59 Å². The number of rotatable bonds is 4. The van der Waals surface area contributed by atoms with Gasteiger partial charge in [-0.25, -0.2) is 0 Å². The Labute approximate surface area is 119 Å². The number of hydrogen-bond donors (Lipinski definition) is 2. The lowest BCUT2D eigenvalue weighted by Crippen LogP contribution is -2.39. The topological polar surface area (TPSA) is 66.4 Å². The Kier molecular flexibility index (Phi) is 4.77. The first-order valence-corrected chi connectivity index (χ1v) is 7.12. The first kappa shape index (κ1) is 14.6. The van der Waals surface area contributed by atoms with Crippen molar-refractivity contribution in [2.75, 3.05) is 0 Å². The molecule has 0 aliphatic heterocycles. The van der Waals surface area contributed by atoms with E-state index in [1.807, 2.05) is 31.2 Å². The Hall–Kier alpha value is -1.84. The van der Waals surface area contributed by atoms with Gasteiger partial charge in [0.15, 0.2) is 0 Å². The Bertz CT molecular complexity index is 473. The summed E-state index contributed by atoms with van der Waals surface area (Å²) in [6.07, 6.45) is 3.22. The SMILES string of the molecule is Cc1ccc(CC(=O)NC2CCC(C(=O)O)CC2)cc1. The molecule has 4 nitrogen and oxygen atoms in total. The molecule has 0 unspecified atom stereocenters. The van der Waals surface area contributed by atoms with Gasteiger partial charge in [-0.2, -0.15) is 0 Å². The van der Waals surface area contributed by atoms with Crippen molar-refractivity contribution in [3.8, 4) is 0 Å². The second kappa shape index (κ2) is 6.55. The van der Waals surface area contributed by atoms with Gasteiger partial charge in [0.1, 0.15) is 0 Å². The molecule has 1 fully saturated rings. The first-order chi connectivity index (χ1) is 9.54. The number of carbonyl (C=O) groups excluding carboxylic acids is 1. The van der Waals surface area contributed by atoms with Gasteiger partial charge in [-0.05, 0) is 38.2 Å². The van der Waals surface area contributed by atoms with Gasteiger partial charge in [0.25, 0.3) is 0 Å². The second-order valence-electron chi connectivity index (χ2n) is 5.62. The minimum Gasteiger partial charge on any atom is -0.481 e. The molecule has 1 aliphatic rings. The number of hydrogen-bond acceptors (Lipinski definition) is 2. The summed E-state index contributed by atoms with van der Waals surface area (Å²) in [5.41, 5.74) is 2.19. The van der Waals surface area contributed by atoms with Crippen LogP contribution in [0.25, 0.3) is 0 Å². The predicted molar refractivity (Wildman–Crippen MR) is 76.4 cm³/mol. The van der Waals surface area contributed by atoms with Crippen LogP contribution in [0.15, 0.2) is 24.3 Å². The van der Waals surface area contributed by atoms with Crippen molar-refractivity contribution in [3.63, 3.8) is 0 Å². The van der Waals surface area contributed by atoms with Crippen LogP contribution >= 0.6 is 0 Å². The number of aliphatic carboxylic acids is 1. The summed E-state index contributed by atoms with van der Waals surface area (Å²) < 4.78 is 0. The van der Waals surface area contributed by atoms with E-state index in [1.54, 1.807) is 0 Å². The zero-order chi connectivity index (χ0) is 14.5. The molecule has 0 aromatic heterocycles. The minimum atomic E-state index is -0.713. The lowest BCUT2D eigenvalue weighted by atomic mass is 9.86. The lowest BCUT2D eigenvalue weighted by Gasteiger charge is -2.26. The van der Waals surface area contributed by atoms with Crippen molar-refractivity contribution in [3.05, 3.63) is 35.4 Å². The summed E-state index contributed by atoms with van der Waals surface area (Å²) in [6.45, 7) is 2.02. The van der Waals surface area contributed by atoms with E-state index in [1.165, 1.54) is 5.56 Å². The van der Waals surface area contributed by atoms with Crippen LogP contribution in [0.5, 0.6) is 0 Å². The summed E-state index contributed by atoms with van der Waals surface area (Å²) in [4.78, 5) is 22.8. The molecule has 1 aromatic carbocycles. The number of benzene rings is 1. The number of aryl methyl sites for hydroxylation is 1. The number of carboxylic acids is 1. The highest BCUT2D eigenvalue weighted by molar-refractivity contribution is 5.79. The molecule has 108 valence electrons. The van der Waals surface area contributed by atoms with Crippen molar-refractivity contribution >= 4 is 11.9 Å². The van der Waals surface area contributed by atoms with Crippen LogP contribution in [0.4, 0.5) is 0 Å². The van der Waals surface area contributed by atoms with Crippen molar-refractivity contribution in [1.29, 1.82) is 0 Å². The van der Waals surface area contributed by atoms with E-state index >= 15 is 0 Å². The molecule has 0 heterocycles. The van der Waals surface area contributed by atoms with Crippen molar-refractivity contribution < 1.29 is 14.7 Å². The van der Waals surface area contributed by atoms with Crippen LogP contribution in [-0.4, -0.2) is 23.0 Å². The molecule has 2 rings (SSSR count). The van der Waals surface area contributed by atoms with Crippen LogP contribution in [0, 0.1) is 12.8 Å². The molecule has 1 aliphatic carbocycles. The molecule has 1 saturated carbocycles. The molecule has 1 aromatic rings. The zero-order valence-corrected chi connectivity index (χ0v) is 11.8. The molecule has 0 spiro atoms. The Morgan fingerprint density at radius 1 is 1.15 bits per heavy atom. The minimum absolute atomic E-state index is 0.0210. The molecular weight excluding hydrogens is 254 g/mol. The van der Waals surface area contributed by atoms with Gasteiger partial charge in [-0.15, -0.1) is 0 Å². The summed E-state index contributed by atoms with van der Waals surface area (Å²) in [7, 11) is 0. The van der Waals surface area contributed by atoms with Gasteiger partial charge in [-0.1, -0.05) is 29.8 Å². The van der Waals surface area contributed by atoms with E-state index in [4.69, 9.17) is 5.11 Å². The molecule has 0 atom stereocenters. The number of nitrogens with one attached hydrogen (secondary N) is 1. The number of carbonyl (C=O) groups is 2. The average molecular weight is 275 g/mol.